The van der Waals surface area contributed by atoms with E-state index >= 15 is 0 Å². The molecule has 0 aromatic heterocycles. The number of benzene rings is 1. The summed E-state index contributed by atoms with van der Waals surface area (Å²) in [5.74, 6) is 0.832. The van der Waals surface area contributed by atoms with Crippen molar-refractivity contribution in [2.45, 2.75) is 39.2 Å². The Morgan fingerprint density at radius 2 is 2.19 bits per heavy atom. The molecule has 2 rings (SSSR count). The van der Waals surface area contributed by atoms with Crippen molar-refractivity contribution in [3.63, 3.8) is 0 Å². The van der Waals surface area contributed by atoms with Gasteiger partial charge in [-0.25, -0.2) is 0 Å². The van der Waals surface area contributed by atoms with Crippen molar-refractivity contribution in [2.24, 2.45) is 5.92 Å². The highest BCUT2D eigenvalue weighted by atomic mass is 79.9. The van der Waals surface area contributed by atoms with Gasteiger partial charge in [0.25, 0.3) is 0 Å². The fraction of sp³-hybridized carbons (Fsp3) is 0.571. The molecule has 1 aromatic rings. The third-order valence-electron chi connectivity index (χ3n) is 3.54. The maximum Gasteiger partial charge on any atom is 0.0359 e. The van der Waals surface area contributed by atoms with Gasteiger partial charge in [-0.3, -0.25) is 0 Å². The van der Waals surface area contributed by atoms with Crippen molar-refractivity contribution in [2.75, 3.05) is 6.54 Å². The van der Waals surface area contributed by atoms with Crippen molar-refractivity contribution >= 4 is 15.9 Å². The first-order valence-electron chi connectivity index (χ1n) is 6.21. The minimum Gasteiger partial charge on any atom is -0.310 e. The summed E-state index contributed by atoms with van der Waals surface area (Å²) in [7, 11) is 0. The van der Waals surface area contributed by atoms with Gasteiger partial charge < -0.3 is 5.32 Å². The SMILES string of the molecule is CCNC(c1ccc(C)cc1Br)C1CCC1. The summed E-state index contributed by atoms with van der Waals surface area (Å²) >= 11 is 3.70. The zero-order valence-electron chi connectivity index (χ0n) is 10.1. The Labute approximate surface area is 107 Å². The highest BCUT2D eigenvalue weighted by molar-refractivity contribution is 9.10. The van der Waals surface area contributed by atoms with Crippen molar-refractivity contribution in [1.82, 2.24) is 5.32 Å². The van der Waals surface area contributed by atoms with Gasteiger partial charge in [0, 0.05) is 10.5 Å². The Morgan fingerprint density at radius 1 is 1.44 bits per heavy atom. The number of nitrogens with one attached hydrogen (secondary N) is 1. The van der Waals surface area contributed by atoms with Gasteiger partial charge in [-0.15, -0.1) is 0 Å². The minimum atomic E-state index is 0.536. The molecule has 1 aliphatic carbocycles. The first-order chi connectivity index (χ1) is 7.72. The largest absolute Gasteiger partial charge is 0.310 e. The molecule has 16 heavy (non-hydrogen) atoms. The summed E-state index contributed by atoms with van der Waals surface area (Å²) in [6, 6.07) is 7.24. The van der Waals surface area contributed by atoms with E-state index in [1.165, 1.54) is 34.9 Å². The molecule has 0 aliphatic heterocycles. The fourth-order valence-electron chi connectivity index (χ4n) is 2.41. The second kappa shape index (κ2) is 5.33. The van der Waals surface area contributed by atoms with Crippen LogP contribution < -0.4 is 5.32 Å². The monoisotopic (exact) mass is 281 g/mol. The lowest BCUT2D eigenvalue weighted by atomic mass is 9.77. The molecule has 2 heteroatoms. The van der Waals surface area contributed by atoms with E-state index in [-0.39, 0.29) is 0 Å². The second-order valence-corrected chi connectivity index (χ2v) is 5.61. The molecule has 1 unspecified atom stereocenters. The normalized spacial score (nSPS) is 18.2. The molecular formula is C14H20BrN. The van der Waals surface area contributed by atoms with Crippen LogP contribution in [0.4, 0.5) is 0 Å². The molecule has 88 valence electrons. The molecule has 0 saturated heterocycles. The predicted molar refractivity (Wildman–Crippen MR) is 72.6 cm³/mol. The third-order valence-corrected chi connectivity index (χ3v) is 4.22. The molecule has 0 bridgehead atoms. The lowest BCUT2D eigenvalue weighted by molar-refractivity contribution is 0.232. The summed E-state index contributed by atoms with van der Waals surface area (Å²) < 4.78 is 1.25. The smallest absolute Gasteiger partial charge is 0.0359 e. The lowest BCUT2D eigenvalue weighted by Gasteiger charge is -2.35. The molecule has 1 nitrogen and oxygen atoms in total. The molecule has 0 heterocycles. The fourth-order valence-corrected chi connectivity index (χ4v) is 3.15. The highest BCUT2D eigenvalue weighted by Crippen LogP contribution is 2.40. The van der Waals surface area contributed by atoms with Crippen LogP contribution in [0, 0.1) is 12.8 Å². The number of hydrogen-bond acceptors (Lipinski definition) is 1. The van der Waals surface area contributed by atoms with Crippen LogP contribution in [0.3, 0.4) is 0 Å². The van der Waals surface area contributed by atoms with E-state index in [1.807, 2.05) is 0 Å². The molecule has 0 radical (unpaired) electrons. The Balaban J connectivity index is 2.23. The molecule has 0 spiro atoms. The molecule has 1 atom stereocenters. The molecule has 0 amide bonds. The number of aryl methyl sites for hydroxylation is 1. The Hall–Kier alpha value is -0.340. The minimum absolute atomic E-state index is 0.536. The highest BCUT2D eigenvalue weighted by Gasteiger charge is 2.28. The summed E-state index contributed by atoms with van der Waals surface area (Å²) in [5.41, 5.74) is 2.75. The van der Waals surface area contributed by atoms with Gasteiger partial charge >= 0.3 is 0 Å². The van der Waals surface area contributed by atoms with Crippen LogP contribution in [0.2, 0.25) is 0 Å². The Morgan fingerprint density at radius 3 is 2.69 bits per heavy atom. The van der Waals surface area contributed by atoms with Crippen LogP contribution in [-0.4, -0.2) is 6.54 Å². The van der Waals surface area contributed by atoms with E-state index in [4.69, 9.17) is 0 Å². The van der Waals surface area contributed by atoms with Gasteiger partial charge in [0.15, 0.2) is 0 Å². The Kier molecular flexibility index (Phi) is 4.04. The first-order valence-corrected chi connectivity index (χ1v) is 7.01. The topological polar surface area (TPSA) is 12.0 Å². The summed E-state index contributed by atoms with van der Waals surface area (Å²) in [6.45, 7) is 5.37. The quantitative estimate of drug-likeness (QED) is 0.872. The summed E-state index contributed by atoms with van der Waals surface area (Å²) in [4.78, 5) is 0. The Bertz CT molecular complexity index is 358. The zero-order valence-corrected chi connectivity index (χ0v) is 11.7. The van der Waals surface area contributed by atoms with Crippen molar-refractivity contribution in [3.8, 4) is 0 Å². The maximum atomic E-state index is 3.70. The van der Waals surface area contributed by atoms with E-state index in [0.29, 0.717) is 6.04 Å². The van der Waals surface area contributed by atoms with E-state index in [0.717, 1.165) is 12.5 Å². The summed E-state index contributed by atoms with van der Waals surface area (Å²) in [6.07, 6.45) is 4.14. The molecule has 1 N–H and O–H groups in total. The van der Waals surface area contributed by atoms with E-state index in [2.05, 4.69) is 53.3 Å². The predicted octanol–water partition coefficient (Wildman–Crippen LogP) is 4.21. The van der Waals surface area contributed by atoms with Crippen LogP contribution in [-0.2, 0) is 0 Å². The van der Waals surface area contributed by atoms with Crippen LogP contribution in [0.25, 0.3) is 0 Å². The van der Waals surface area contributed by atoms with Gasteiger partial charge in [-0.05, 0) is 49.4 Å². The maximum absolute atomic E-state index is 3.70. The molecule has 1 fully saturated rings. The van der Waals surface area contributed by atoms with E-state index in [9.17, 15) is 0 Å². The second-order valence-electron chi connectivity index (χ2n) is 4.75. The van der Waals surface area contributed by atoms with Gasteiger partial charge in [0.1, 0.15) is 0 Å². The van der Waals surface area contributed by atoms with Crippen LogP contribution in [0.5, 0.6) is 0 Å². The van der Waals surface area contributed by atoms with Crippen LogP contribution >= 0.6 is 15.9 Å². The average molecular weight is 282 g/mol. The standard InChI is InChI=1S/C14H20BrN/c1-3-16-14(11-5-4-6-11)12-8-7-10(2)9-13(12)15/h7-9,11,14,16H,3-6H2,1-2H3. The van der Waals surface area contributed by atoms with Gasteiger partial charge in [-0.2, -0.15) is 0 Å². The number of halogens is 1. The lowest BCUT2D eigenvalue weighted by Crippen LogP contribution is -2.32. The summed E-state index contributed by atoms with van der Waals surface area (Å²) in [5, 5.41) is 3.63. The van der Waals surface area contributed by atoms with Crippen LogP contribution in [0.1, 0.15) is 43.4 Å². The zero-order chi connectivity index (χ0) is 11.5. The van der Waals surface area contributed by atoms with Crippen LogP contribution in [0.15, 0.2) is 22.7 Å². The molecular weight excluding hydrogens is 262 g/mol. The van der Waals surface area contributed by atoms with Crippen molar-refractivity contribution in [3.05, 3.63) is 33.8 Å². The average Bonchev–Trinajstić information content (AvgIpc) is 2.14. The molecule has 1 aromatic carbocycles. The van der Waals surface area contributed by atoms with E-state index in [1.54, 1.807) is 0 Å². The van der Waals surface area contributed by atoms with Gasteiger partial charge in [-0.1, -0.05) is 41.4 Å². The number of hydrogen-bond donors (Lipinski definition) is 1. The first kappa shape index (κ1) is 12.1. The van der Waals surface area contributed by atoms with Gasteiger partial charge in [0.2, 0.25) is 0 Å². The number of rotatable bonds is 4. The van der Waals surface area contributed by atoms with E-state index < -0.39 is 0 Å². The molecule has 1 aliphatic rings. The van der Waals surface area contributed by atoms with Gasteiger partial charge in [0.05, 0.1) is 0 Å². The molecule has 1 saturated carbocycles. The van der Waals surface area contributed by atoms with Crippen molar-refractivity contribution in [1.29, 1.82) is 0 Å². The third kappa shape index (κ3) is 2.49. The van der Waals surface area contributed by atoms with Crippen molar-refractivity contribution < 1.29 is 0 Å².